The van der Waals surface area contributed by atoms with E-state index in [4.69, 9.17) is 0 Å². The lowest BCUT2D eigenvalue weighted by atomic mass is 10.2. The fourth-order valence-corrected chi connectivity index (χ4v) is 2.44. The summed E-state index contributed by atoms with van der Waals surface area (Å²) in [5, 5.41) is 0. The summed E-state index contributed by atoms with van der Waals surface area (Å²) in [4.78, 5) is 16.0. The fraction of sp³-hybridized carbons (Fsp3) is 0.188. The van der Waals surface area contributed by atoms with Gasteiger partial charge in [-0.05, 0) is 35.9 Å². The number of amides is 1. The Morgan fingerprint density at radius 1 is 1.00 bits per heavy atom. The van der Waals surface area contributed by atoms with Crippen molar-refractivity contribution in [1.82, 2.24) is 0 Å². The molecule has 2 aromatic rings. The number of hydrogen-bond donors (Lipinski definition) is 0. The Morgan fingerprint density at radius 2 is 1.68 bits per heavy atom. The number of hydrogen-bond acceptors (Lipinski definition) is 2. The molecule has 0 bridgehead atoms. The fourth-order valence-electron chi connectivity index (χ4n) is 2.44. The van der Waals surface area contributed by atoms with Gasteiger partial charge >= 0.3 is 0 Å². The van der Waals surface area contributed by atoms with Crippen LogP contribution in [0, 0.1) is 0 Å². The second-order valence-corrected chi connectivity index (χ2v) is 4.95. The van der Waals surface area contributed by atoms with Crippen molar-refractivity contribution in [2.75, 3.05) is 23.9 Å². The minimum absolute atomic E-state index is 0.138. The van der Waals surface area contributed by atoms with Gasteiger partial charge < -0.3 is 4.90 Å². The number of carbonyl (C=O) groups excluding carboxylic acids is 1. The molecule has 3 rings (SSSR count). The number of rotatable bonds is 2. The molecule has 3 heteroatoms. The largest absolute Gasteiger partial charge is 0.378 e. The van der Waals surface area contributed by atoms with E-state index in [0.717, 1.165) is 22.6 Å². The first-order valence-corrected chi connectivity index (χ1v) is 6.35. The topological polar surface area (TPSA) is 23.6 Å². The maximum Gasteiger partial charge on any atom is 0.236 e. The van der Waals surface area contributed by atoms with Crippen LogP contribution in [0.5, 0.6) is 0 Å². The Bertz CT molecular complexity index is 617. The van der Waals surface area contributed by atoms with E-state index in [1.807, 2.05) is 67.5 Å². The maximum atomic E-state index is 12.2. The molecule has 0 aliphatic carbocycles. The molecular formula is C16H16N2O. The van der Waals surface area contributed by atoms with Crippen LogP contribution in [0.2, 0.25) is 0 Å². The number of anilines is 3. The first kappa shape index (κ1) is 11.8. The maximum absolute atomic E-state index is 12.2. The lowest BCUT2D eigenvalue weighted by Crippen LogP contribution is -2.20. The van der Waals surface area contributed by atoms with E-state index in [-0.39, 0.29) is 5.91 Å². The van der Waals surface area contributed by atoms with Crippen LogP contribution >= 0.6 is 0 Å². The standard InChI is InChI=1S/C16H16N2O/c1-17(2)13-7-9-14(10-8-13)18-15-6-4-3-5-12(15)11-16(18)19/h3-10H,11H2,1-2H3. The van der Waals surface area contributed by atoms with Crippen LogP contribution in [-0.2, 0) is 11.2 Å². The Balaban J connectivity index is 2.00. The Hall–Kier alpha value is -2.29. The average molecular weight is 252 g/mol. The zero-order chi connectivity index (χ0) is 13.4. The molecule has 1 aliphatic rings. The van der Waals surface area contributed by atoms with E-state index >= 15 is 0 Å². The van der Waals surface area contributed by atoms with E-state index in [1.165, 1.54) is 0 Å². The third kappa shape index (κ3) is 1.97. The number of benzene rings is 2. The number of nitrogens with zero attached hydrogens (tertiary/aromatic N) is 2. The molecule has 0 saturated heterocycles. The predicted octanol–water partition coefficient (Wildman–Crippen LogP) is 2.97. The molecule has 0 aromatic heterocycles. The van der Waals surface area contributed by atoms with Gasteiger partial charge in [0, 0.05) is 25.5 Å². The highest BCUT2D eigenvalue weighted by Crippen LogP contribution is 2.35. The molecule has 0 radical (unpaired) electrons. The summed E-state index contributed by atoms with van der Waals surface area (Å²) >= 11 is 0. The summed E-state index contributed by atoms with van der Waals surface area (Å²) in [6.45, 7) is 0. The minimum Gasteiger partial charge on any atom is -0.378 e. The second kappa shape index (κ2) is 4.43. The van der Waals surface area contributed by atoms with Crippen molar-refractivity contribution in [2.45, 2.75) is 6.42 Å². The summed E-state index contributed by atoms with van der Waals surface area (Å²) < 4.78 is 0. The van der Waals surface area contributed by atoms with Gasteiger partial charge in [-0.25, -0.2) is 0 Å². The van der Waals surface area contributed by atoms with E-state index in [1.54, 1.807) is 4.90 Å². The molecule has 3 nitrogen and oxygen atoms in total. The smallest absolute Gasteiger partial charge is 0.236 e. The number of fused-ring (bicyclic) bond motifs is 1. The van der Waals surface area contributed by atoms with E-state index < -0.39 is 0 Å². The van der Waals surface area contributed by atoms with Crippen molar-refractivity contribution in [2.24, 2.45) is 0 Å². The van der Waals surface area contributed by atoms with Gasteiger partial charge in [0.1, 0.15) is 0 Å². The van der Waals surface area contributed by atoms with Crippen molar-refractivity contribution in [3.63, 3.8) is 0 Å². The van der Waals surface area contributed by atoms with Crippen LogP contribution in [0.1, 0.15) is 5.56 Å². The molecule has 0 saturated carbocycles. The van der Waals surface area contributed by atoms with Crippen LogP contribution < -0.4 is 9.80 Å². The van der Waals surface area contributed by atoms with Crippen molar-refractivity contribution in [3.05, 3.63) is 54.1 Å². The molecule has 0 fully saturated rings. The van der Waals surface area contributed by atoms with E-state index in [9.17, 15) is 4.79 Å². The first-order valence-electron chi connectivity index (χ1n) is 6.35. The van der Waals surface area contributed by atoms with Crippen molar-refractivity contribution >= 4 is 23.0 Å². The average Bonchev–Trinajstić information content (AvgIpc) is 2.74. The second-order valence-electron chi connectivity index (χ2n) is 4.95. The molecule has 0 spiro atoms. The van der Waals surface area contributed by atoms with Gasteiger partial charge in [-0.3, -0.25) is 9.69 Å². The van der Waals surface area contributed by atoms with E-state index in [2.05, 4.69) is 0 Å². The zero-order valence-electron chi connectivity index (χ0n) is 11.1. The van der Waals surface area contributed by atoms with Crippen LogP contribution in [-0.4, -0.2) is 20.0 Å². The summed E-state index contributed by atoms with van der Waals surface area (Å²) in [5.41, 5.74) is 4.17. The first-order chi connectivity index (χ1) is 9.16. The molecule has 96 valence electrons. The SMILES string of the molecule is CN(C)c1ccc(N2C(=O)Cc3ccccc32)cc1. The molecule has 0 N–H and O–H groups in total. The highest BCUT2D eigenvalue weighted by Gasteiger charge is 2.27. The lowest BCUT2D eigenvalue weighted by molar-refractivity contribution is -0.116. The highest BCUT2D eigenvalue weighted by atomic mass is 16.2. The van der Waals surface area contributed by atoms with Crippen molar-refractivity contribution in [1.29, 1.82) is 0 Å². The van der Waals surface area contributed by atoms with Gasteiger partial charge in [0.2, 0.25) is 5.91 Å². The molecule has 1 heterocycles. The van der Waals surface area contributed by atoms with Gasteiger partial charge in [-0.2, -0.15) is 0 Å². The molecule has 0 atom stereocenters. The molecule has 19 heavy (non-hydrogen) atoms. The van der Waals surface area contributed by atoms with Gasteiger partial charge in [0.05, 0.1) is 12.1 Å². The van der Waals surface area contributed by atoms with Gasteiger partial charge in [-0.15, -0.1) is 0 Å². The Kier molecular flexibility index (Phi) is 2.75. The molecule has 1 amide bonds. The van der Waals surface area contributed by atoms with Crippen LogP contribution in [0.3, 0.4) is 0 Å². The van der Waals surface area contributed by atoms with Crippen LogP contribution in [0.25, 0.3) is 0 Å². The Morgan fingerprint density at radius 3 is 2.37 bits per heavy atom. The molecular weight excluding hydrogens is 236 g/mol. The number of para-hydroxylation sites is 1. The minimum atomic E-state index is 0.138. The van der Waals surface area contributed by atoms with Gasteiger partial charge in [-0.1, -0.05) is 18.2 Å². The summed E-state index contributed by atoms with van der Waals surface area (Å²) in [6, 6.07) is 16.0. The van der Waals surface area contributed by atoms with Crippen molar-refractivity contribution in [3.8, 4) is 0 Å². The van der Waals surface area contributed by atoms with Gasteiger partial charge in [0.25, 0.3) is 0 Å². The van der Waals surface area contributed by atoms with Crippen LogP contribution in [0.4, 0.5) is 17.1 Å². The monoisotopic (exact) mass is 252 g/mol. The normalized spacial score (nSPS) is 13.6. The molecule has 1 aliphatic heterocycles. The van der Waals surface area contributed by atoms with Crippen LogP contribution in [0.15, 0.2) is 48.5 Å². The van der Waals surface area contributed by atoms with Gasteiger partial charge in [0.15, 0.2) is 0 Å². The highest BCUT2D eigenvalue weighted by molar-refractivity contribution is 6.07. The predicted molar refractivity (Wildman–Crippen MR) is 78.1 cm³/mol. The summed E-state index contributed by atoms with van der Waals surface area (Å²) in [5.74, 6) is 0.138. The van der Waals surface area contributed by atoms with Crippen molar-refractivity contribution < 1.29 is 4.79 Å². The molecule has 2 aromatic carbocycles. The summed E-state index contributed by atoms with van der Waals surface area (Å²) in [7, 11) is 4.01. The summed E-state index contributed by atoms with van der Waals surface area (Å²) in [6.07, 6.45) is 0.492. The quantitative estimate of drug-likeness (QED) is 0.820. The number of carbonyl (C=O) groups is 1. The zero-order valence-corrected chi connectivity index (χ0v) is 11.1. The lowest BCUT2D eigenvalue weighted by Gasteiger charge is -2.19. The molecule has 0 unspecified atom stereocenters. The van der Waals surface area contributed by atoms with E-state index in [0.29, 0.717) is 6.42 Å². The third-order valence-corrected chi connectivity index (χ3v) is 3.45. The third-order valence-electron chi connectivity index (χ3n) is 3.45. The Labute approximate surface area is 113 Å².